The summed E-state index contributed by atoms with van der Waals surface area (Å²) in [5, 5.41) is 9.71. The van der Waals surface area contributed by atoms with Gasteiger partial charge in [0.2, 0.25) is 0 Å². The molecule has 17 heavy (non-hydrogen) atoms. The second-order valence-corrected chi connectivity index (χ2v) is 4.66. The van der Waals surface area contributed by atoms with Gasteiger partial charge in [-0.05, 0) is 34.1 Å². The number of halogens is 1. The summed E-state index contributed by atoms with van der Waals surface area (Å²) in [6.45, 7) is 3.84. The van der Waals surface area contributed by atoms with E-state index in [0.717, 1.165) is 24.7 Å². The molecule has 3 nitrogen and oxygen atoms in total. The normalized spacial score (nSPS) is 13.4. The molecule has 0 radical (unpaired) electrons. The van der Waals surface area contributed by atoms with E-state index in [2.05, 4.69) is 9.80 Å². The lowest BCUT2D eigenvalue weighted by molar-refractivity contribution is 0.227. The molecular weight excluding hydrogens is 219 g/mol. The first kappa shape index (κ1) is 13.9. The summed E-state index contributed by atoms with van der Waals surface area (Å²) in [6.07, 6.45) is 0. The zero-order chi connectivity index (χ0) is 13.0. The molecule has 0 heterocycles. The Labute approximate surface area is 102 Å². The van der Waals surface area contributed by atoms with E-state index in [1.807, 2.05) is 28.1 Å². The third-order valence-electron chi connectivity index (χ3n) is 3.00. The quantitative estimate of drug-likeness (QED) is 0.853. The molecule has 4 heteroatoms. The number of phenols is 1. The summed E-state index contributed by atoms with van der Waals surface area (Å²) in [6, 6.07) is 4.24. The fourth-order valence-electron chi connectivity index (χ4n) is 1.66. The van der Waals surface area contributed by atoms with Crippen LogP contribution < -0.4 is 0 Å². The molecule has 1 atom stereocenters. The van der Waals surface area contributed by atoms with E-state index in [9.17, 15) is 9.50 Å². The smallest absolute Gasteiger partial charge is 0.126 e. The van der Waals surface area contributed by atoms with Crippen LogP contribution in [0, 0.1) is 5.82 Å². The molecule has 1 unspecified atom stereocenters. The van der Waals surface area contributed by atoms with E-state index in [4.69, 9.17) is 0 Å². The lowest BCUT2D eigenvalue weighted by Crippen LogP contribution is -2.30. The van der Waals surface area contributed by atoms with Crippen LogP contribution in [0.2, 0.25) is 0 Å². The van der Waals surface area contributed by atoms with Crippen molar-refractivity contribution in [2.45, 2.75) is 13.0 Å². The lowest BCUT2D eigenvalue weighted by atomic mass is 10.1. The third kappa shape index (κ3) is 3.98. The van der Waals surface area contributed by atoms with Gasteiger partial charge in [0.1, 0.15) is 11.6 Å². The highest BCUT2D eigenvalue weighted by Gasteiger charge is 2.15. The highest BCUT2D eigenvalue weighted by atomic mass is 19.1. The Bertz CT molecular complexity index is 368. The van der Waals surface area contributed by atoms with Crippen LogP contribution in [0.5, 0.6) is 5.75 Å². The zero-order valence-corrected chi connectivity index (χ0v) is 10.9. The van der Waals surface area contributed by atoms with Gasteiger partial charge in [-0.1, -0.05) is 6.07 Å². The van der Waals surface area contributed by atoms with Crippen LogP contribution in [-0.4, -0.2) is 49.1 Å². The average molecular weight is 240 g/mol. The Morgan fingerprint density at radius 1 is 1.24 bits per heavy atom. The van der Waals surface area contributed by atoms with Crippen LogP contribution in [0.25, 0.3) is 0 Å². The van der Waals surface area contributed by atoms with Crippen molar-refractivity contribution < 1.29 is 9.50 Å². The average Bonchev–Trinajstić information content (AvgIpc) is 2.25. The molecule has 96 valence electrons. The molecule has 0 aromatic heterocycles. The second-order valence-electron chi connectivity index (χ2n) is 4.66. The van der Waals surface area contributed by atoms with Gasteiger partial charge in [0.25, 0.3) is 0 Å². The van der Waals surface area contributed by atoms with E-state index in [1.165, 1.54) is 6.07 Å². The first-order chi connectivity index (χ1) is 7.91. The highest BCUT2D eigenvalue weighted by molar-refractivity contribution is 5.34. The molecule has 0 aliphatic heterocycles. The Hall–Kier alpha value is -1.13. The van der Waals surface area contributed by atoms with Crippen molar-refractivity contribution in [1.29, 1.82) is 0 Å². The van der Waals surface area contributed by atoms with Crippen LogP contribution in [0.4, 0.5) is 4.39 Å². The summed E-state index contributed by atoms with van der Waals surface area (Å²) in [4.78, 5) is 4.24. The van der Waals surface area contributed by atoms with Gasteiger partial charge in [-0.3, -0.25) is 4.90 Å². The van der Waals surface area contributed by atoms with Gasteiger partial charge in [0.05, 0.1) is 0 Å². The van der Waals surface area contributed by atoms with Crippen LogP contribution in [0.3, 0.4) is 0 Å². The minimum Gasteiger partial charge on any atom is -0.508 e. The molecule has 1 N–H and O–H groups in total. The molecule has 1 aromatic rings. The Balaban J connectivity index is 2.71. The Kier molecular flexibility index (Phi) is 4.90. The number of rotatable bonds is 5. The van der Waals surface area contributed by atoms with Gasteiger partial charge in [0, 0.05) is 30.8 Å². The van der Waals surface area contributed by atoms with Crippen molar-refractivity contribution in [2.75, 3.05) is 34.2 Å². The van der Waals surface area contributed by atoms with Crippen molar-refractivity contribution in [3.8, 4) is 5.75 Å². The predicted molar refractivity (Wildman–Crippen MR) is 67.7 cm³/mol. The number of aromatic hydroxyl groups is 1. The standard InChI is InChI=1S/C13H21FN2O/c1-10(16(4)8-7-15(2)3)12-6-5-11(14)9-13(12)17/h5-6,9-10,17H,7-8H2,1-4H3. The molecule has 0 aliphatic rings. The molecule has 0 fully saturated rings. The molecule has 0 saturated carbocycles. The van der Waals surface area contributed by atoms with Crippen molar-refractivity contribution in [3.63, 3.8) is 0 Å². The lowest BCUT2D eigenvalue weighted by Gasteiger charge is -2.26. The van der Waals surface area contributed by atoms with Gasteiger partial charge in [-0.25, -0.2) is 4.39 Å². The second kappa shape index (κ2) is 5.98. The number of hydrogen-bond donors (Lipinski definition) is 1. The molecule has 0 amide bonds. The Morgan fingerprint density at radius 3 is 2.41 bits per heavy atom. The zero-order valence-electron chi connectivity index (χ0n) is 10.9. The van der Waals surface area contributed by atoms with Gasteiger partial charge in [-0.2, -0.15) is 0 Å². The molecule has 0 saturated heterocycles. The van der Waals surface area contributed by atoms with Crippen molar-refractivity contribution >= 4 is 0 Å². The molecule has 1 rings (SSSR count). The van der Waals surface area contributed by atoms with Crippen LogP contribution >= 0.6 is 0 Å². The maximum atomic E-state index is 12.9. The molecular formula is C13H21FN2O. The molecule has 0 bridgehead atoms. The largest absolute Gasteiger partial charge is 0.508 e. The minimum atomic E-state index is -0.408. The number of nitrogens with zero attached hydrogens (tertiary/aromatic N) is 2. The fraction of sp³-hybridized carbons (Fsp3) is 0.538. The Morgan fingerprint density at radius 2 is 1.88 bits per heavy atom. The number of likely N-dealkylation sites (N-methyl/N-ethyl adjacent to an activating group) is 2. The number of phenolic OH excluding ortho intramolecular Hbond substituents is 1. The van der Waals surface area contributed by atoms with Gasteiger partial charge in [0.15, 0.2) is 0 Å². The first-order valence-corrected chi connectivity index (χ1v) is 5.75. The summed E-state index contributed by atoms with van der Waals surface area (Å²) in [5.41, 5.74) is 0.757. The predicted octanol–water partition coefficient (Wildman–Crippen LogP) is 2.09. The molecule has 0 spiro atoms. The monoisotopic (exact) mass is 240 g/mol. The third-order valence-corrected chi connectivity index (χ3v) is 3.00. The highest BCUT2D eigenvalue weighted by Crippen LogP contribution is 2.27. The van der Waals surface area contributed by atoms with E-state index in [1.54, 1.807) is 6.07 Å². The van der Waals surface area contributed by atoms with Gasteiger partial charge >= 0.3 is 0 Å². The molecule has 1 aromatic carbocycles. The van der Waals surface area contributed by atoms with Gasteiger partial charge < -0.3 is 10.0 Å². The van der Waals surface area contributed by atoms with E-state index >= 15 is 0 Å². The minimum absolute atomic E-state index is 0.0224. The maximum Gasteiger partial charge on any atom is 0.126 e. The van der Waals surface area contributed by atoms with Crippen molar-refractivity contribution in [2.24, 2.45) is 0 Å². The van der Waals surface area contributed by atoms with E-state index in [0.29, 0.717) is 0 Å². The van der Waals surface area contributed by atoms with Crippen molar-refractivity contribution in [3.05, 3.63) is 29.6 Å². The fourth-order valence-corrected chi connectivity index (χ4v) is 1.66. The summed E-state index contributed by atoms with van der Waals surface area (Å²) in [7, 11) is 6.04. The topological polar surface area (TPSA) is 26.7 Å². The van der Waals surface area contributed by atoms with Gasteiger partial charge in [-0.15, -0.1) is 0 Å². The number of benzene rings is 1. The summed E-state index contributed by atoms with van der Waals surface area (Å²) in [5.74, 6) is -0.386. The SMILES string of the molecule is CC(c1ccc(F)cc1O)N(C)CCN(C)C. The van der Waals surface area contributed by atoms with Crippen LogP contribution in [0.1, 0.15) is 18.5 Å². The van der Waals surface area contributed by atoms with E-state index in [-0.39, 0.29) is 11.8 Å². The first-order valence-electron chi connectivity index (χ1n) is 5.75. The van der Waals surface area contributed by atoms with Crippen LogP contribution in [0.15, 0.2) is 18.2 Å². The van der Waals surface area contributed by atoms with Crippen molar-refractivity contribution in [1.82, 2.24) is 9.80 Å². The van der Waals surface area contributed by atoms with E-state index < -0.39 is 5.82 Å². The van der Waals surface area contributed by atoms with Crippen LogP contribution in [-0.2, 0) is 0 Å². The maximum absolute atomic E-state index is 12.9. The summed E-state index contributed by atoms with van der Waals surface area (Å²) < 4.78 is 12.9. The summed E-state index contributed by atoms with van der Waals surface area (Å²) >= 11 is 0. The number of hydrogen-bond acceptors (Lipinski definition) is 3. The molecule has 0 aliphatic carbocycles.